The average molecular weight is 546 g/mol. The van der Waals surface area contributed by atoms with Crippen LogP contribution in [0.3, 0.4) is 0 Å². The Morgan fingerprint density at radius 2 is 1.81 bits per heavy atom. The van der Waals surface area contributed by atoms with Gasteiger partial charge in [-0.2, -0.15) is 0 Å². The molecule has 10 heteroatoms. The van der Waals surface area contributed by atoms with Crippen molar-refractivity contribution in [2.45, 2.75) is 74.7 Å². The summed E-state index contributed by atoms with van der Waals surface area (Å²) in [6.45, 7) is 6.89. The lowest BCUT2D eigenvalue weighted by atomic mass is 9.94. The summed E-state index contributed by atoms with van der Waals surface area (Å²) in [5.74, 6) is 2.65. The van der Waals surface area contributed by atoms with Gasteiger partial charge in [-0.15, -0.1) is 11.8 Å². The van der Waals surface area contributed by atoms with Gasteiger partial charge in [0.2, 0.25) is 11.8 Å². The number of rotatable bonds is 14. The Morgan fingerprint density at radius 3 is 2.51 bits per heavy atom. The van der Waals surface area contributed by atoms with Crippen molar-refractivity contribution < 1.29 is 23.5 Å². The molecule has 1 aromatic carbocycles. The predicted molar refractivity (Wildman–Crippen MR) is 146 cm³/mol. The molecule has 3 rings (SSSR count). The number of nitrogens with zero attached hydrogens (tertiary/aromatic N) is 2. The molecule has 0 aliphatic rings. The molecule has 1 N–H and O–H groups in total. The lowest BCUT2D eigenvalue weighted by molar-refractivity contribution is -0.140. The van der Waals surface area contributed by atoms with E-state index in [1.807, 2.05) is 24.3 Å². The maximum atomic E-state index is 12.5. The predicted octanol–water partition coefficient (Wildman–Crippen LogP) is 6.40. The maximum absolute atomic E-state index is 12.5. The molecular formula is C27H35N3O5S2. The SMILES string of the molecule is COC(=O)CCCCCCOc1ccc(CC(=O)Nc2ncc(SCc3ncc(C(C)(C)C)o3)s2)cc1. The molecule has 0 atom stereocenters. The van der Waals surface area contributed by atoms with Crippen LogP contribution in [-0.4, -0.2) is 35.6 Å². The van der Waals surface area contributed by atoms with Crippen LogP contribution in [0.5, 0.6) is 5.75 Å². The molecule has 0 aliphatic heterocycles. The molecule has 200 valence electrons. The summed E-state index contributed by atoms with van der Waals surface area (Å²) < 4.78 is 17.2. The molecule has 1 amide bonds. The number of thiazole rings is 1. The Kier molecular flexibility index (Phi) is 11.0. The van der Waals surface area contributed by atoms with Gasteiger partial charge in [0.05, 0.1) is 42.5 Å². The van der Waals surface area contributed by atoms with Gasteiger partial charge in [0.25, 0.3) is 0 Å². The number of amides is 1. The highest BCUT2D eigenvalue weighted by Crippen LogP contribution is 2.31. The minimum atomic E-state index is -0.158. The number of nitrogens with one attached hydrogen (secondary N) is 1. The maximum Gasteiger partial charge on any atom is 0.305 e. The molecular weight excluding hydrogens is 510 g/mol. The van der Waals surface area contributed by atoms with Crippen molar-refractivity contribution in [3.63, 3.8) is 0 Å². The number of unbranched alkanes of at least 4 members (excludes halogenated alkanes) is 3. The van der Waals surface area contributed by atoms with Gasteiger partial charge in [-0.05, 0) is 30.5 Å². The molecule has 0 saturated heterocycles. The number of benzene rings is 1. The highest BCUT2D eigenvalue weighted by atomic mass is 32.2. The van der Waals surface area contributed by atoms with Crippen LogP contribution in [0.4, 0.5) is 5.13 Å². The van der Waals surface area contributed by atoms with E-state index in [2.05, 4.69) is 40.8 Å². The zero-order valence-corrected chi connectivity index (χ0v) is 23.5. The summed E-state index contributed by atoms with van der Waals surface area (Å²) in [5, 5.41) is 3.44. The van der Waals surface area contributed by atoms with E-state index in [0.29, 0.717) is 29.8 Å². The molecule has 0 bridgehead atoms. The number of carbonyl (C=O) groups is 2. The smallest absolute Gasteiger partial charge is 0.305 e. The van der Waals surface area contributed by atoms with Gasteiger partial charge in [-0.3, -0.25) is 9.59 Å². The third kappa shape index (κ3) is 10.2. The van der Waals surface area contributed by atoms with Gasteiger partial charge >= 0.3 is 5.97 Å². The van der Waals surface area contributed by atoms with Gasteiger partial charge in [0, 0.05) is 11.8 Å². The quantitative estimate of drug-likeness (QED) is 0.141. The number of thioether (sulfide) groups is 1. The van der Waals surface area contributed by atoms with Gasteiger partial charge in [0.1, 0.15) is 11.5 Å². The number of hydrogen-bond donors (Lipinski definition) is 1. The normalized spacial score (nSPS) is 11.4. The molecule has 0 aliphatic carbocycles. The van der Waals surface area contributed by atoms with E-state index < -0.39 is 0 Å². The number of hydrogen-bond acceptors (Lipinski definition) is 9. The van der Waals surface area contributed by atoms with E-state index in [0.717, 1.165) is 47.0 Å². The van der Waals surface area contributed by atoms with Gasteiger partial charge in [-0.1, -0.05) is 57.1 Å². The van der Waals surface area contributed by atoms with Crippen molar-refractivity contribution in [3.8, 4) is 5.75 Å². The van der Waals surface area contributed by atoms with Crippen molar-refractivity contribution in [1.82, 2.24) is 9.97 Å². The topological polar surface area (TPSA) is 104 Å². The minimum Gasteiger partial charge on any atom is -0.494 e. The van der Waals surface area contributed by atoms with Crippen molar-refractivity contribution in [2.24, 2.45) is 0 Å². The van der Waals surface area contributed by atoms with Crippen LogP contribution in [0.25, 0.3) is 0 Å². The Hall–Kier alpha value is -2.85. The molecule has 0 spiro atoms. The highest BCUT2D eigenvalue weighted by molar-refractivity contribution is 8.00. The summed E-state index contributed by atoms with van der Waals surface area (Å²) in [4.78, 5) is 32.2. The second-order valence-electron chi connectivity index (χ2n) is 9.60. The number of ether oxygens (including phenoxy) is 2. The van der Waals surface area contributed by atoms with E-state index in [4.69, 9.17) is 9.15 Å². The number of methoxy groups -OCH3 is 1. The second kappa shape index (κ2) is 14.2. The first kappa shape index (κ1) is 28.7. The van der Waals surface area contributed by atoms with Gasteiger partial charge < -0.3 is 19.2 Å². The number of aromatic nitrogens is 2. The first-order chi connectivity index (χ1) is 17.7. The van der Waals surface area contributed by atoms with E-state index in [-0.39, 0.29) is 23.7 Å². The zero-order valence-electron chi connectivity index (χ0n) is 21.9. The van der Waals surface area contributed by atoms with Crippen LogP contribution >= 0.6 is 23.1 Å². The molecule has 2 heterocycles. The van der Waals surface area contributed by atoms with Crippen LogP contribution in [0.15, 0.2) is 45.3 Å². The first-order valence-corrected chi connectivity index (χ1v) is 14.2. The molecule has 8 nitrogen and oxygen atoms in total. The largest absolute Gasteiger partial charge is 0.494 e. The van der Waals surface area contributed by atoms with E-state index in [1.165, 1.54) is 18.4 Å². The highest BCUT2D eigenvalue weighted by Gasteiger charge is 2.19. The number of anilines is 1. The van der Waals surface area contributed by atoms with Crippen molar-refractivity contribution >= 4 is 40.1 Å². The molecule has 2 aromatic heterocycles. The Bertz CT molecular complexity index is 1140. The molecule has 37 heavy (non-hydrogen) atoms. The monoisotopic (exact) mass is 545 g/mol. The molecule has 0 saturated carbocycles. The average Bonchev–Trinajstić information content (AvgIpc) is 3.52. The number of oxazole rings is 1. The van der Waals surface area contributed by atoms with Crippen LogP contribution in [0.2, 0.25) is 0 Å². The lowest BCUT2D eigenvalue weighted by Gasteiger charge is -2.12. The van der Waals surface area contributed by atoms with Crippen LogP contribution in [-0.2, 0) is 31.9 Å². The zero-order chi connectivity index (χ0) is 26.7. The molecule has 3 aromatic rings. The fourth-order valence-electron chi connectivity index (χ4n) is 3.31. The molecule has 0 radical (unpaired) electrons. The summed E-state index contributed by atoms with van der Waals surface area (Å²) in [6.07, 6.45) is 8.01. The second-order valence-corrected chi connectivity index (χ2v) is 11.9. The molecule has 0 fully saturated rings. The summed E-state index contributed by atoms with van der Waals surface area (Å²) >= 11 is 3.01. The fraction of sp³-hybridized carbons (Fsp3) is 0.481. The summed E-state index contributed by atoms with van der Waals surface area (Å²) in [7, 11) is 1.41. The Balaban J connectivity index is 1.34. The van der Waals surface area contributed by atoms with E-state index >= 15 is 0 Å². The Labute approximate surface area is 226 Å². The third-order valence-corrected chi connectivity index (χ3v) is 7.51. The summed E-state index contributed by atoms with van der Waals surface area (Å²) in [5.41, 5.74) is 0.831. The minimum absolute atomic E-state index is 0.0698. The van der Waals surface area contributed by atoms with Crippen molar-refractivity contribution in [3.05, 3.63) is 53.9 Å². The van der Waals surface area contributed by atoms with Crippen LogP contribution in [0.1, 0.15) is 70.1 Å². The number of carbonyl (C=O) groups excluding carboxylic acids is 2. The first-order valence-electron chi connectivity index (χ1n) is 12.3. The van der Waals surface area contributed by atoms with Crippen LogP contribution < -0.4 is 10.1 Å². The Morgan fingerprint density at radius 1 is 1.05 bits per heavy atom. The van der Waals surface area contributed by atoms with Crippen LogP contribution in [0, 0.1) is 0 Å². The third-order valence-electron chi connectivity index (χ3n) is 5.42. The number of esters is 1. The van der Waals surface area contributed by atoms with Crippen molar-refractivity contribution in [1.29, 1.82) is 0 Å². The standard InChI is InChI=1S/C27H35N3O5S2/c1-27(2,3)21-16-28-23(35-21)18-36-25-17-29-26(37-25)30-22(31)15-19-10-12-20(13-11-19)34-14-8-6-5-7-9-24(32)33-4/h10-13,16-17H,5-9,14-15,18H2,1-4H3,(H,29,30,31). The van der Waals surface area contributed by atoms with E-state index in [9.17, 15) is 9.59 Å². The van der Waals surface area contributed by atoms with Gasteiger partial charge in [-0.25, -0.2) is 9.97 Å². The van der Waals surface area contributed by atoms with E-state index in [1.54, 1.807) is 24.2 Å². The summed E-state index contributed by atoms with van der Waals surface area (Å²) in [6, 6.07) is 7.56. The fourth-order valence-corrected chi connectivity index (χ4v) is 5.05. The molecule has 0 unspecified atom stereocenters. The van der Waals surface area contributed by atoms with Gasteiger partial charge in [0.15, 0.2) is 5.13 Å². The van der Waals surface area contributed by atoms with Crippen molar-refractivity contribution in [2.75, 3.05) is 19.0 Å². The lowest BCUT2D eigenvalue weighted by Crippen LogP contribution is -2.14.